The van der Waals surface area contributed by atoms with Gasteiger partial charge in [0.15, 0.2) is 5.13 Å². The number of fused-ring (bicyclic) bond motifs is 1. The summed E-state index contributed by atoms with van der Waals surface area (Å²) in [5.74, 6) is -0.459. The molecule has 0 radical (unpaired) electrons. The van der Waals surface area contributed by atoms with Crippen LogP contribution >= 0.6 is 22.9 Å². The van der Waals surface area contributed by atoms with E-state index >= 15 is 0 Å². The van der Waals surface area contributed by atoms with Gasteiger partial charge in [0, 0.05) is 22.0 Å². The monoisotopic (exact) mass is 425 g/mol. The molecular weight excluding hydrogens is 406 g/mol. The van der Waals surface area contributed by atoms with E-state index in [9.17, 15) is 9.59 Å². The Labute approximate surface area is 178 Å². The van der Waals surface area contributed by atoms with Crippen LogP contribution in [0.5, 0.6) is 0 Å². The van der Waals surface area contributed by atoms with Crippen LogP contribution in [0, 0.1) is 0 Å². The summed E-state index contributed by atoms with van der Waals surface area (Å²) in [6.45, 7) is 0.564. The maximum absolute atomic E-state index is 12.7. The van der Waals surface area contributed by atoms with Crippen LogP contribution < -0.4 is 10.6 Å². The van der Waals surface area contributed by atoms with Gasteiger partial charge >= 0.3 is 0 Å². The molecule has 1 aromatic heterocycles. The number of thiazole rings is 1. The molecule has 2 amide bonds. The molecule has 1 atom stereocenters. The standard InChI is InChI=1S/C22H20ClN3O2S/c23-16-8-6-14(7-9-16)12-13-24-21(28)17-10-11-18-19(17)25-22(29-18)26-20(27)15-4-2-1-3-5-15/h1-9,17H,10-13H2,(H,24,28)(H,25,26,27). The Morgan fingerprint density at radius 2 is 1.86 bits per heavy atom. The second-order valence-corrected chi connectivity index (χ2v) is 8.43. The number of aromatic nitrogens is 1. The number of benzene rings is 2. The smallest absolute Gasteiger partial charge is 0.257 e. The molecular formula is C22H20ClN3O2S. The number of rotatable bonds is 6. The minimum absolute atomic E-state index is 0.0102. The van der Waals surface area contributed by atoms with Crippen molar-refractivity contribution in [2.45, 2.75) is 25.2 Å². The number of nitrogens with one attached hydrogen (secondary N) is 2. The van der Waals surface area contributed by atoms with Crippen molar-refractivity contribution in [3.8, 4) is 0 Å². The summed E-state index contributed by atoms with van der Waals surface area (Å²) in [7, 11) is 0. The summed E-state index contributed by atoms with van der Waals surface area (Å²) in [6, 6.07) is 16.6. The van der Waals surface area contributed by atoms with Crippen LogP contribution in [-0.2, 0) is 17.6 Å². The molecule has 148 valence electrons. The SMILES string of the molecule is O=C(Nc1nc2c(s1)CCC2C(=O)NCCc1ccc(Cl)cc1)c1ccccc1. The Morgan fingerprint density at radius 1 is 1.10 bits per heavy atom. The van der Waals surface area contributed by atoms with Crippen molar-refractivity contribution in [2.75, 3.05) is 11.9 Å². The Balaban J connectivity index is 1.35. The summed E-state index contributed by atoms with van der Waals surface area (Å²) in [5, 5.41) is 7.10. The third kappa shape index (κ3) is 4.66. The van der Waals surface area contributed by atoms with E-state index in [0.29, 0.717) is 22.3 Å². The number of halogens is 1. The molecule has 1 heterocycles. The first-order chi connectivity index (χ1) is 14.1. The van der Waals surface area contributed by atoms with Gasteiger partial charge in [0.1, 0.15) is 0 Å². The molecule has 2 N–H and O–H groups in total. The molecule has 1 aliphatic rings. The zero-order valence-electron chi connectivity index (χ0n) is 15.7. The van der Waals surface area contributed by atoms with Gasteiger partial charge in [0.2, 0.25) is 5.91 Å². The van der Waals surface area contributed by atoms with Crippen molar-refractivity contribution in [2.24, 2.45) is 0 Å². The van der Waals surface area contributed by atoms with Crippen LogP contribution in [0.15, 0.2) is 54.6 Å². The molecule has 4 rings (SSSR count). The molecule has 0 saturated carbocycles. The Morgan fingerprint density at radius 3 is 2.62 bits per heavy atom. The molecule has 29 heavy (non-hydrogen) atoms. The van der Waals surface area contributed by atoms with Gasteiger partial charge in [-0.1, -0.05) is 41.9 Å². The highest BCUT2D eigenvalue weighted by atomic mass is 35.5. The van der Waals surface area contributed by atoms with Crippen molar-refractivity contribution >= 4 is 39.9 Å². The van der Waals surface area contributed by atoms with Crippen LogP contribution in [0.3, 0.4) is 0 Å². The van der Waals surface area contributed by atoms with Crippen LogP contribution in [0.25, 0.3) is 0 Å². The number of aryl methyl sites for hydroxylation is 1. The zero-order chi connectivity index (χ0) is 20.2. The minimum Gasteiger partial charge on any atom is -0.355 e. The number of nitrogens with zero attached hydrogens (tertiary/aromatic N) is 1. The van der Waals surface area contributed by atoms with Crippen LogP contribution in [-0.4, -0.2) is 23.3 Å². The number of carbonyl (C=O) groups is 2. The molecule has 0 aliphatic heterocycles. The lowest BCUT2D eigenvalue weighted by molar-refractivity contribution is -0.122. The van der Waals surface area contributed by atoms with E-state index in [2.05, 4.69) is 15.6 Å². The highest BCUT2D eigenvalue weighted by Crippen LogP contribution is 2.38. The van der Waals surface area contributed by atoms with Gasteiger partial charge in [0.05, 0.1) is 11.6 Å². The summed E-state index contributed by atoms with van der Waals surface area (Å²) in [4.78, 5) is 30.6. The molecule has 7 heteroatoms. The number of anilines is 1. The van der Waals surface area contributed by atoms with E-state index in [1.807, 2.05) is 42.5 Å². The molecule has 0 bridgehead atoms. The zero-order valence-corrected chi connectivity index (χ0v) is 17.2. The van der Waals surface area contributed by atoms with Crippen molar-refractivity contribution in [1.29, 1.82) is 0 Å². The lowest BCUT2D eigenvalue weighted by Crippen LogP contribution is -2.30. The largest absolute Gasteiger partial charge is 0.355 e. The van der Waals surface area contributed by atoms with E-state index in [4.69, 9.17) is 11.6 Å². The Bertz CT molecular complexity index is 1020. The second-order valence-electron chi connectivity index (χ2n) is 6.91. The maximum atomic E-state index is 12.7. The number of amides is 2. The average molecular weight is 426 g/mol. The molecule has 5 nitrogen and oxygen atoms in total. The summed E-state index contributed by atoms with van der Waals surface area (Å²) < 4.78 is 0. The third-order valence-electron chi connectivity index (χ3n) is 4.92. The van der Waals surface area contributed by atoms with E-state index in [1.54, 1.807) is 12.1 Å². The summed E-state index contributed by atoms with van der Waals surface area (Å²) in [5.41, 5.74) is 2.50. The number of carbonyl (C=O) groups excluding carboxylic acids is 2. The third-order valence-corrected chi connectivity index (χ3v) is 6.22. The molecule has 0 fully saturated rings. The Kier molecular flexibility index (Phi) is 5.92. The van der Waals surface area contributed by atoms with Gasteiger partial charge in [-0.2, -0.15) is 0 Å². The van der Waals surface area contributed by atoms with Gasteiger partial charge in [0.25, 0.3) is 5.91 Å². The Hall–Kier alpha value is -2.70. The van der Waals surface area contributed by atoms with E-state index in [-0.39, 0.29) is 17.7 Å². The first-order valence-corrected chi connectivity index (χ1v) is 10.7. The number of hydrogen-bond acceptors (Lipinski definition) is 4. The van der Waals surface area contributed by atoms with Crippen molar-refractivity contribution in [3.05, 3.63) is 81.3 Å². The van der Waals surface area contributed by atoms with Gasteiger partial charge in [-0.25, -0.2) is 4.98 Å². The van der Waals surface area contributed by atoms with Crippen LogP contribution in [0.4, 0.5) is 5.13 Å². The lowest BCUT2D eigenvalue weighted by atomic mass is 10.1. The molecule has 0 saturated heterocycles. The van der Waals surface area contributed by atoms with Crippen molar-refractivity contribution in [3.63, 3.8) is 0 Å². The molecule has 3 aromatic rings. The van der Waals surface area contributed by atoms with Crippen LogP contribution in [0.2, 0.25) is 5.02 Å². The van der Waals surface area contributed by atoms with Crippen LogP contribution in [0.1, 0.15) is 38.8 Å². The predicted octanol–water partition coefficient (Wildman–Crippen LogP) is 4.44. The predicted molar refractivity (Wildman–Crippen MR) is 116 cm³/mol. The van der Waals surface area contributed by atoms with Crippen molar-refractivity contribution in [1.82, 2.24) is 10.3 Å². The minimum atomic E-state index is -0.256. The summed E-state index contributed by atoms with van der Waals surface area (Å²) >= 11 is 7.35. The second kappa shape index (κ2) is 8.76. The first-order valence-electron chi connectivity index (χ1n) is 9.48. The highest BCUT2D eigenvalue weighted by Gasteiger charge is 2.32. The topological polar surface area (TPSA) is 71.1 Å². The molecule has 2 aromatic carbocycles. The first kappa shape index (κ1) is 19.6. The van der Waals surface area contributed by atoms with E-state index < -0.39 is 0 Å². The fourth-order valence-corrected chi connectivity index (χ4v) is 4.56. The average Bonchev–Trinajstić information content (AvgIpc) is 3.30. The highest BCUT2D eigenvalue weighted by molar-refractivity contribution is 7.16. The van der Waals surface area contributed by atoms with Gasteiger partial charge < -0.3 is 5.32 Å². The number of hydrogen-bond donors (Lipinski definition) is 2. The fraction of sp³-hybridized carbons (Fsp3) is 0.227. The fourth-order valence-electron chi connectivity index (χ4n) is 3.40. The van der Waals surface area contributed by atoms with Gasteiger partial charge in [-0.05, 0) is 49.1 Å². The van der Waals surface area contributed by atoms with E-state index in [0.717, 1.165) is 35.4 Å². The maximum Gasteiger partial charge on any atom is 0.257 e. The van der Waals surface area contributed by atoms with Crippen molar-refractivity contribution < 1.29 is 9.59 Å². The van der Waals surface area contributed by atoms with Gasteiger partial charge in [-0.3, -0.25) is 14.9 Å². The molecule has 1 aliphatic carbocycles. The summed E-state index contributed by atoms with van der Waals surface area (Å²) in [6.07, 6.45) is 2.31. The normalized spacial score (nSPS) is 15.0. The quantitative estimate of drug-likeness (QED) is 0.613. The van der Waals surface area contributed by atoms with E-state index in [1.165, 1.54) is 11.3 Å². The lowest BCUT2D eigenvalue weighted by Gasteiger charge is -2.11. The van der Waals surface area contributed by atoms with Gasteiger partial charge in [-0.15, -0.1) is 11.3 Å². The molecule has 1 unspecified atom stereocenters. The molecule has 0 spiro atoms.